The first-order chi connectivity index (χ1) is 11.1. The molecule has 2 rings (SSSR count). The van der Waals surface area contributed by atoms with Gasteiger partial charge in [0, 0.05) is 39.6 Å². The van der Waals surface area contributed by atoms with Gasteiger partial charge in [-0.1, -0.05) is 37.3 Å². The van der Waals surface area contributed by atoms with Gasteiger partial charge < -0.3 is 9.80 Å². The number of piperazine rings is 1. The van der Waals surface area contributed by atoms with Crippen molar-refractivity contribution < 1.29 is 9.59 Å². The van der Waals surface area contributed by atoms with E-state index >= 15 is 0 Å². The first-order valence-corrected chi connectivity index (χ1v) is 8.39. The molecule has 0 radical (unpaired) electrons. The van der Waals surface area contributed by atoms with Crippen molar-refractivity contribution in [3.05, 3.63) is 35.9 Å². The lowest BCUT2D eigenvalue weighted by molar-refractivity contribution is -0.139. The maximum Gasteiger partial charge on any atom is 0.236 e. The highest BCUT2D eigenvalue weighted by Crippen LogP contribution is 2.08. The third kappa shape index (κ3) is 5.36. The summed E-state index contributed by atoms with van der Waals surface area (Å²) in [6.45, 7) is 8.45. The Morgan fingerprint density at radius 1 is 1.04 bits per heavy atom. The van der Waals surface area contributed by atoms with Crippen LogP contribution in [0.1, 0.15) is 25.8 Å². The number of hydrogen-bond acceptors (Lipinski definition) is 3. The largest absolute Gasteiger partial charge is 0.339 e. The number of nitrogens with zero attached hydrogens (tertiary/aromatic N) is 3. The predicted molar refractivity (Wildman–Crippen MR) is 90.8 cm³/mol. The lowest BCUT2D eigenvalue weighted by Crippen LogP contribution is -2.52. The molecule has 0 aromatic heterocycles. The van der Waals surface area contributed by atoms with E-state index in [1.54, 1.807) is 11.8 Å². The fraction of sp³-hybridized carbons (Fsp3) is 0.556. The molecule has 5 heteroatoms. The van der Waals surface area contributed by atoms with Crippen LogP contribution in [0.4, 0.5) is 0 Å². The number of carbonyl (C=O) groups excluding carboxylic acids is 2. The highest BCUT2D eigenvalue weighted by atomic mass is 16.2. The summed E-state index contributed by atoms with van der Waals surface area (Å²) in [6, 6.07) is 10.3. The first kappa shape index (κ1) is 17.5. The topological polar surface area (TPSA) is 43.9 Å². The van der Waals surface area contributed by atoms with Crippen molar-refractivity contribution >= 4 is 11.8 Å². The van der Waals surface area contributed by atoms with Crippen molar-refractivity contribution in [1.82, 2.24) is 14.7 Å². The summed E-state index contributed by atoms with van der Waals surface area (Å²) in [5.74, 6) is 0.256. The van der Waals surface area contributed by atoms with Gasteiger partial charge in [0.05, 0.1) is 6.54 Å². The molecule has 0 unspecified atom stereocenters. The Kier molecular flexibility index (Phi) is 6.59. The third-order valence-electron chi connectivity index (χ3n) is 4.23. The Morgan fingerprint density at radius 3 is 2.22 bits per heavy atom. The van der Waals surface area contributed by atoms with E-state index < -0.39 is 0 Å². The molecule has 126 valence electrons. The van der Waals surface area contributed by atoms with Crippen LogP contribution >= 0.6 is 0 Å². The number of hydrogen-bond donors (Lipinski definition) is 0. The minimum absolute atomic E-state index is 0.0915. The fourth-order valence-electron chi connectivity index (χ4n) is 2.93. The summed E-state index contributed by atoms with van der Waals surface area (Å²) in [6.07, 6.45) is 1.03. The predicted octanol–water partition coefficient (Wildman–Crippen LogP) is 1.59. The second-order valence-corrected chi connectivity index (χ2v) is 6.08. The average molecular weight is 317 g/mol. The van der Waals surface area contributed by atoms with Crippen LogP contribution in [0, 0.1) is 0 Å². The summed E-state index contributed by atoms with van der Waals surface area (Å²) in [5.41, 5.74) is 1.23. The van der Waals surface area contributed by atoms with Gasteiger partial charge in [-0.15, -0.1) is 0 Å². The van der Waals surface area contributed by atoms with Gasteiger partial charge in [0.1, 0.15) is 0 Å². The molecule has 0 atom stereocenters. The molecular weight excluding hydrogens is 290 g/mol. The molecule has 1 aromatic carbocycles. The molecule has 1 aromatic rings. The Morgan fingerprint density at radius 2 is 1.65 bits per heavy atom. The van der Waals surface area contributed by atoms with E-state index in [0.717, 1.165) is 19.5 Å². The van der Waals surface area contributed by atoms with Crippen molar-refractivity contribution in [3.63, 3.8) is 0 Å². The van der Waals surface area contributed by atoms with E-state index in [1.165, 1.54) is 5.56 Å². The van der Waals surface area contributed by atoms with Gasteiger partial charge in [0.25, 0.3) is 0 Å². The van der Waals surface area contributed by atoms with Crippen molar-refractivity contribution in [2.24, 2.45) is 0 Å². The Hall–Kier alpha value is -1.88. The van der Waals surface area contributed by atoms with E-state index in [0.29, 0.717) is 32.7 Å². The highest BCUT2D eigenvalue weighted by Gasteiger charge is 2.23. The summed E-state index contributed by atoms with van der Waals surface area (Å²) in [7, 11) is 0. The maximum absolute atomic E-state index is 12.5. The molecule has 23 heavy (non-hydrogen) atoms. The Balaban J connectivity index is 1.87. The number of amides is 2. The lowest BCUT2D eigenvalue weighted by atomic mass is 10.2. The van der Waals surface area contributed by atoms with Crippen molar-refractivity contribution in [2.45, 2.75) is 26.8 Å². The van der Waals surface area contributed by atoms with Crippen LogP contribution in [0.15, 0.2) is 30.3 Å². The molecule has 1 heterocycles. The number of rotatable bonds is 6. The van der Waals surface area contributed by atoms with Crippen LogP contribution < -0.4 is 0 Å². The molecule has 0 aliphatic carbocycles. The van der Waals surface area contributed by atoms with E-state index in [-0.39, 0.29) is 11.8 Å². The minimum Gasteiger partial charge on any atom is -0.339 e. The standard InChI is InChI=1S/C18H27N3O2/c1-3-9-19(14-17-7-5-4-6-8-17)15-18(23)21-12-10-20(11-13-21)16(2)22/h4-8H,3,9-15H2,1-2H3. The van der Waals surface area contributed by atoms with Crippen molar-refractivity contribution in [2.75, 3.05) is 39.3 Å². The first-order valence-electron chi connectivity index (χ1n) is 8.39. The van der Waals surface area contributed by atoms with Gasteiger partial charge in [-0.3, -0.25) is 14.5 Å². The quantitative estimate of drug-likeness (QED) is 0.800. The summed E-state index contributed by atoms with van der Waals surface area (Å²) in [5, 5.41) is 0. The van der Waals surface area contributed by atoms with Gasteiger partial charge in [0.2, 0.25) is 11.8 Å². The molecule has 2 amide bonds. The van der Waals surface area contributed by atoms with Crippen LogP contribution in [0.3, 0.4) is 0 Å². The van der Waals surface area contributed by atoms with Crippen molar-refractivity contribution in [3.8, 4) is 0 Å². The molecule has 0 spiro atoms. The lowest BCUT2D eigenvalue weighted by Gasteiger charge is -2.35. The smallest absolute Gasteiger partial charge is 0.236 e. The normalized spacial score (nSPS) is 15.1. The van der Waals surface area contributed by atoms with E-state index in [2.05, 4.69) is 24.0 Å². The van der Waals surface area contributed by atoms with Crippen molar-refractivity contribution in [1.29, 1.82) is 0 Å². The fourth-order valence-corrected chi connectivity index (χ4v) is 2.93. The second-order valence-electron chi connectivity index (χ2n) is 6.08. The molecular formula is C18H27N3O2. The minimum atomic E-state index is 0.0915. The van der Waals surface area contributed by atoms with Gasteiger partial charge in [-0.2, -0.15) is 0 Å². The molecule has 0 saturated carbocycles. The maximum atomic E-state index is 12.5. The second kappa shape index (κ2) is 8.67. The molecule has 1 saturated heterocycles. The van der Waals surface area contributed by atoms with Gasteiger partial charge >= 0.3 is 0 Å². The van der Waals surface area contributed by atoms with E-state index in [9.17, 15) is 9.59 Å². The summed E-state index contributed by atoms with van der Waals surface area (Å²) >= 11 is 0. The monoisotopic (exact) mass is 317 g/mol. The van der Waals surface area contributed by atoms with Crippen LogP contribution in [0.25, 0.3) is 0 Å². The van der Waals surface area contributed by atoms with Crippen LogP contribution in [-0.4, -0.2) is 65.8 Å². The molecule has 1 aliphatic heterocycles. The number of carbonyl (C=O) groups is 2. The third-order valence-corrected chi connectivity index (χ3v) is 4.23. The van der Waals surface area contributed by atoms with Crippen LogP contribution in [0.5, 0.6) is 0 Å². The Labute approximate surface area is 138 Å². The SMILES string of the molecule is CCCN(CC(=O)N1CCN(C(C)=O)CC1)Cc1ccccc1. The van der Waals surface area contributed by atoms with E-state index in [4.69, 9.17) is 0 Å². The molecule has 0 N–H and O–H groups in total. The molecule has 0 bridgehead atoms. The van der Waals surface area contributed by atoms with Crippen LogP contribution in [-0.2, 0) is 16.1 Å². The van der Waals surface area contributed by atoms with Gasteiger partial charge in [-0.25, -0.2) is 0 Å². The zero-order valence-corrected chi connectivity index (χ0v) is 14.2. The molecule has 5 nitrogen and oxygen atoms in total. The Bertz CT molecular complexity index is 510. The zero-order valence-electron chi connectivity index (χ0n) is 14.2. The number of benzene rings is 1. The van der Waals surface area contributed by atoms with Gasteiger partial charge in [0.15, 0.2) is 0 Å². The average Bonchev–Trinajstić information content (AvgIpc) is 2.56. The highest BCUT2D eigenvalue weighted by molar-refractivity contribution is 5.79. The summed E-state index contributed by atoms with van der Waals surface area (Å²) in [4.78, 5) is 29.8. The zero-order chi connectivity index (χ0) is 16.7. The van der Waals surface area contributed by atoms with Gasteiger partial charge in [-0.05, 0) is 18.5 Å². The molecule has 1 fully saturated rings. The van der Waals surface area contributed by atoms with E-state index in [1.807, 2.05) is 23.1 Å². The van der Waals surface area contributed by atoms with Crippen LogP contribution in [0.2, 0.25) is 0 Å². The summed E-state index contributed by atoms with van der Waals surface area (Å²) < 4.78 is 0. The molecule has 1 aliphatic rings.